The summed E-state index contributed by atoms with van der Waals surface area (Å²) in [6.45, 7) is 11.8. The largest absolute Gasteiger partial charge is 0.490 e. The van der Waals surface area contributed by atoms with E-state index in [2.05, 4.69) is 17.2 Å². The van der Waals surface area contributed by atoms with Gasteiger partial charge in [0.25, 0.3) is 0 Å². The third-order valence-corrected chi connectivity index (χ3v) is 13.0. The number of nitrogens with zero attached hydrogens (tertiary/aromatic N) is 3. The van der Waals surface area contributed by atoms with Gasteiger partial charge in [-0.25, -0.2) is 14.6 Å². The second kappa shape index (κ2) is 15.7. The van der Waals surface area contributed by atoms with Crippen LogP contribution < -0.4 is 20.1 Å². The predicted octanol–water partition coefficient (Wildman–Crippen LogP) is 5.23. The first-order valence-corrected chi connectivity index (χ1v) is 20.6. The van der Waals surface area contributed by atoms with E-state index in [-0.39, 0.29) is 43.2 Å². The summed E-state index contributed by atoms with van der Waals surface area (Å²) < 4.78 is 23.5. The highest BCUT2D eigenvalue weighted by Gasteiger charge is 2.61. The number of benzene rings is 1. The lowest BCUT2D eigenvalue weighted by molar-refractivity contribution is -0.146. The molecule has 16 heteroatoms. The number of ether oxygens (including phenoxy) is 4. The van der Waals surface area contributed by atoms with Crippen molar-refractivity contribution in [1.82, 2.24) is 20.5 Å². The number of carbonyl (C=O) groups is 4. The Morgan fingerprint density at radius 2 is 1.88 bits per heavy atom. The van der Waals surface area contributed by atoms with Gasteiger partial charge in [0.05, 0.1) is 30.4 Å². The molecule has 3 heterocycles. The summed E-state index contributed by atoms with van der Waals surface area (Å²) in [5.41, 5.74) is -1.32. The second-order valence-electron chi connectivity index (χ2n) is 16.7. The van der Waals surface area contributed by atoms with Crippen LogP contribution in [0.2, 0.25) is 5.02 Å². The molecule has 0 radical (unpaired) electrons. The Balaban J connectivity index is 1.19. The molecule has 14 nitrogen and oxygen atoms in total. The zero-order valence-electron chi connectivity index (χ0n) is 32.3. The molecule has 1 aromatic carbocycles. The summed E-state index contributed by atoms with van der Waals surface area (Å²) in [5, 5.41) is 17.2. The maximum atomic E-state index is 14.7. The average Bonchev–Trinajstić information content (AvgIpc) is 3.83. The van der Waals surface area contributed by atoms with Crippen LogP contribution in [0, 0.1) is 23.2 Å². The molecule has 3 amide bonds. The lowest BCUT2D eigenvalue weighted by Crippen LogP contribution is -2.59. The van der Waals surface area contributed by atoms with Crippen LogP contribution in [-0.2, 0) is 23.9 Å². The number of aliphatic carboxylic acids is 1. The van der Waals surface area contributed by atoms with Crippen molar-refractivity contribution in [3.8, 4) is 11.5 Å². The number of halogens is 1. The minimum absolute atomic E-state index is 0.0327. The van der Waals surface area contributed by atoms with Crippen LogP contribution in [0.4, 0.5) is 4.79 Å². The first-order valence-electron chi connectivity index (χ1n) is 19.2. The van der Waals surface area contributed by atoms with Crippen molar-refractivity contribution in [3.63, 3.8) is 0 Å². The standard InChI is InChI=1S/C40H50ClN5O9S/c1-7-23-17-40(23,37(49)50)45-34(47)28-15-25(18-46(28)36(48)33(39(3,4)5)44-38(51)55-24-13-21-12-22(21)14-24)54-30-16-27(35-42-20(2)19-56-35)43-32-26(30)8-9-29(31(32)41)53-11-10-52-6/h7-9,16,20-25,28,33H,1,10-15,17-19H2,2-6H3,(H,44,51)(H,45,47)(H,49,50)/t20?,21-,22+,23-,24+,25-,28+,33-,40-/m1/s1. The SMILES string of the molecule is C=C[C@@H]1C[C@]1(NC(=O)[C@@H]1C[C@@H](Oc2cc(C3=NC(C)CS3)nc3c(Cl)c(OCCOC)ccc23)CN1C(=O)[C@@H](NC(=O)O[C@@H]1C[C@@H]2C[C@@H]2C1)C(C)(C)C)C(=O)O. The molecule has 56 heavy (non-hydrogen) atoms. The quantitative estimate of drug-likeness (QED) is 0.168. The van der Waals surface area contributed by atoms with Gasteiger partial charge in [0.1, 0.15) is 58.0 Å². The smallest absolute Gasteiger partial charge is 0.408 e. The van der Waals surface area contributed by atoms with Crippen molar-refractivity contribution in [2.24, 2.45) is 28.2 Å². The number of methoxy groups -OCH3 is 1. The first kappa shape index (κ1) is 40.1. The van der Waals surface area contributed by atoms with Gasteiger partial charge in [-0.3, -0.25) is 14.6 Å². The van der Waals surface area contributed by atoms with Crippen molar-refractivity contribution in [1.29, 1.82) is 0 Å². The summed E-state index contributed by atoms with van der Waals surface area (Å²) in [6.07, 6.45) is 2.93. The van der Waals surface area contributed by atoms with Gasteiger partial charge in [-0.2, -0.15) is 0 Å². The molecule has 2 aliphatic heterocycles. The monoisotopic (exact) mass is 811 g/mol. The van der Waals surface area contributed by atoms with Gasteiger partial charge in [-0.05, 0) is 62.0 Å². The number of hydrogen-bond donors (Lipinski definition) is 3. The van der Waals surface area contributed by atoms with E-state index in [1.165, 1.54) is 17.4 Å². The molecule has 1 unspecified atom stereocenters. The van der Waals surface area contributed by atoms with Gasteiger partial charge in [-0.1, -0.05) is 38.4 Å². The Morgan fingerprint density at radius 3 is 2.50 bits per heavy atom. The molecule has 3 aliphatic carbocycles. The fourth-order valence-corrected chi connectivity index (χ4v) is 9.37. The van der Waals surface area contributed by atoms with E-state index in [1.54, 1.807) is 37.1 Å². The van der Waals surface area contributed by atoms with Crippen molar-refractivity contribution >= 4 is 63.2 Å². The third-order valence-electron chi connectivity index (χ3n) is 11.4. The predicted molar refractivity (Wildman–Crippen MR) is 211 cm³/mol. The van der Waals surface area contributed by atoms with Gasteiger partial charge in [0.2, 0.25) is 11.8 Å². The van der Waals surface area contributed by atoms with Crippen molar-refractivity contribution in [2.45, 2.75) is 95.7 Å². The lowest BCUT2D eigenvalue weighted by atomic mass is 9.85. The number of aromatic nitrogens is 1. The van der Waals surface area contributed by atoms with Crippen LogP contribution >= 0.6 is 23.4 Å². The summed E-state index contributed by atoms with van der Waals surface area (Å²) in [5.74, 6) is 0.0376. The Kier molecular flexibility index (Phi) is 11.2. The number of thioether (sulfide) groups is 1. The second-order valence-corrected chi connectivity index (χ2v) is 18.1. The number of aliphatic imine (C=N–C) groups is 1. The third kappa shape index (κ3) is 8.17. The lowest BCUT2D eigenvalue weighted by Gasteiger charge is -2.35. The molecular weight excluding hydrogens is 762 g/mol. The number of nitrogens with one attached hydrogen (secondary N) is 2. The number of carbonyl (C=O) groups excluding carboxylic acids is 3. The maximum Gasteiger partial charge on any atom is 0.408 e. The molecule has 4 fully saturated rings. The summed E-state index contributed by atoms with van der Waals surface area (Å²) in [4.78, 5) is 65.5. The molecule has 3 saturated carbocycles. The van der Waals surface area contributed by atoms with E-state index < -0.39 is 58.9 Å². The highest BCUT2D eigenvalue weighted by molar-refractivity contribution is 8.14. The summed E-state index contributed by atoms with van der Waals surface area (Å²) in [6, 6.07) is 3.21. The molecule has 5 aliphatic rings. The molecule has 1 saturated heterocycles. The van der Waals surface area contributed by atoms with Gasteiger partial charge in [0, 0.05) is 36.7 Å². The minimum atomic E-state index is -1.52. The van der Waals surface area contributed by atoms with Gasteiger partial charge >= 0.3 is 12.1 Å². The van der Waals surface area contributed by atoms with Crippen LogP contribution in [0.5, 0.6) is 11.5 Å². The Bertz CT molecular complexity index is 1950. The zero-order chi connectivity index (χ0) is 40.1. The van der Waals surface area contributed by atoms with Crippen molar-refractivity contribution in [3.05, 3.63) is 41.6 Å². The van der Waals surface area contributed by atoms with Crippen molar-refractivity contribution < 1.29 is 43.2 Å². The maximum absolute atomic E-state index is 14.7. The number of fused-ring (bicyclic) bond motifs is 2. The number of pyridine rings is 1. The molecule has 1 aromatic heterocycles. The number of carboxylic acid groups (broad SMARTS) is 1. The number of rotatable bonds is 14. The van der Waals surface area contributed by atoms with Crippen LogP contribution in [0.1, 0.15) is 65.5 Å². The fraction of sp³-hybridized carbons (Fsp3) is 0.600. The molecule has 3 N–H and O–H groups in total. The minimum Gasteiger partial charge on any atom is -0.490 e. The van der Waals surface area contributed by atoms with Crippen LogP contribution in [0.3, 0.4) is 0 Å². The van der Waals surface area contributed by atoms with Gasteiger partial charge in [0.15, 0.2) is 0 Å². The van der Waals surface area contributed by atoms with Gasteiger partial charge in [-0.15, -0.1) is 18.3 Å². The Labute approximate surface area is 335 Å². The van der Waals surface area contributed by atoms with E-state index >= 15 is 0 Å². The topological polar surface area (TPSA) is 178 Å². The fourth-order valence-electron chi connectivity index (χ4n) is 8.12. The molecular formula is C40H50ClN5O9S. The average molecular weight is 812 g/mol. The van der Waals surface area contributed by atoms with Crippen LogP contribution in [-0.4, -0.2) is 112 Å². The molecule has 2 aromatic rings. The molecule has 9 atom stereocenters. The highest BCUT2D eigenvalue weighted by atomic mass is 35.5. The zero-order valence-corrected chi connectivity index (χ0v) is 33.9. The molecule has 0 bridgehead atoms. The van der Waals surface area contributed by atoms with Crippen LogP contribution in [0.25, 0.3) is 10.9 Å². The summed E-state index contributed by atoms with van der Waals surface area (Å²) in [7, 11) is 1.58. The Morgan fingerprint density at radius 1 is 1.12 bits per heavy atom. The number of amides is 3. The van der Waals surface area contributed by atoms with Crippen LogP contribution in [0.15, 0.2) is 35.8 Å². The Hall–Kier alpha value is -4.08. The van der Waals surface area contributed by atoms with E-state index in [4.69, 9.17) is 40.5 Å². The molecule has 7 rings (SSSR count). The summed E-state index contributed by atoms with van der Waals surface area (Å²) >= 11 is 8.48. The molecule has 302 valence electrons. The highest BCUT2D eigenvalue weighted by Crippen LogP contribution is 2.52. The van der Waals surface area contributed by atoms with Crippen molar-refractivity contribution in [2.75, 3.05) is 32.6 Å². The number of carboxylic acids is 1. The normalized spacial score (nSPS) is 29.6. The van der Waals surface area contributed by atoms with E-state index in [0.29, 0.717) is 46.5 Å². The van der Waals surface area contributed by atoms with Gasteiger partial charge < -0.3 is 39.6 Å². The van der Waals surface area contributed by atoms with E-state index in [1.807, 2.05) is 27.7 Å². The number of hydrogen-bond acceptors (Lipinski definition) is 11. The number of alkyl carbamates (subject to hydrolysis) is 1. The molecule has 0 spiro atoms. The first-order chi connectivity index (χ1) is 26.6. The number of likely N-dealkylation sites (tertiary alicyclic amines) is 1. The van der Waals surface area contributed by atoms with E-state index in [9.17, 15) is 24.3 Å². The van der Waals surface area contributed by atoms with E-state index in [0.717, 1.165) is 23.6 Å².